The van der Waals surface area contributed by atoms with Gasteiger partial charge in [0.1, 0.15) is 25.4 Å². The van der Waals surface area contributed by atoms with Crippen LogP contribution in [0.1, 0.15) is 0 Å². The van der Waals surface area contributed by atoms with Gasteiger partial charge in [0.25, 0.3) is 0 Å². The number of carbonyl (C=O) groups is 2. The fraction of sp³-hybridized carbons (Fsp3) is 0.750. The van der Waals surface area contributed by atoms with Gasteiger partial charge >= 0.3 is 11.9 Å². The first-order chi connectivity index (χ1) is 6.75. The Morgan fingerprint density at radius 2 is 1.36 bits per heavy atom. The Balaban J connectivity index is 1.58. The summed E-state index contributed by atoms with van der Waals surface area (Å²) in [6.45, 7) is 1.40. The number of epoxide rings is 2. The number of rotatable bonds is 4. The molecule has 0 aromatic heterocycles. The van der Waals surface area contributed by atoms with E-state index < -0.39 is 11.9 Å². The predicted octanol–water partition coefficient (Wildman–Crippen LogP) is -1.13. The van der Waals surface area contributed by atoms with E-state index in [1.54, 1.807) is 0 Å². The molecule has 0 radical (unpaired) electrons. The fourth-order valence-corrected chi connectivity index (χ4v) is 0.784. The van der Waals surface area contributed by atoms with Crippen molar-refractivity contribution in [1.29, 1.82) is 0 Å². The highest BCUT2D eigenvalue weighted by Gasteiger charge is 2.29. The number of esters is 2. The van der Waals surface area contributed by atoms with E-state index in [9.17, 15) is 9.59 Å². The lowest BCUT2D eigenvalue weighted by Crippen LogP contribution is -2.23. The van der Waals surface area contributed by atoms with Gasteiger partial charge < -0.3 is 18.9 Å². The minimum Gasteiger partial charge on any atom is -0.454 e. The van der Waals surface area contributed by atoms with Crippen LogP contribution in [0.5, 0.6) is 0 Å². The Bertz CT molecular complexity index is 216. The first-order valence-corrected chi connectivity index (χ1v) is 4.33. The third-order valence-electron chi connectivity index (χ3n) is 1.77. The Labute approximate surface area is 80.1 Å². The topological polar surface area (TPSA) is 77.7 Å². The van der Waals surface area contributed by atoms with Gasteiger partial charge in [-0.15, -0.1) is 0 Å². The summed E-state index contributed by atoms with van der Waals surface area (Å²) < 4.78 is 18.8. The summed E-state index contributed by atoms with van der Waals surface area (Å²) in [5.74, 6) is -1.94. The van der Waals surface area contributed by atoms with Crippen LogP contribution >= 0.6 is 0 Å². The molecule has 0 N–H and O–H groups in total. The van der Waals surface area contributed by atoms with Gasteiger partial charge in [0.2, 0.25) is 0 Å². The van der Waals surface area contributed by atoms with E-state index in [0.29, 0.717) is 13.2 Å². The molecule has 0 saturated carbocycles. The SMILES string of the molecule is O=C(OC[C@@H]1CO1)C(=O)OC[C@@H]1CO1. The van der Waals surface area contributed by atoms with Crippen LogP contribution in [0, 0.1) is 0 Å². The largest absolute Gasteiger partial charge is 0.454 e. The zero-order valence-corrected chi connectivity index (χ0v) is 7.43. The second-order valence-corrected chi connectivity index (χ2v) is 3.11. The second-order valence-electron chi connectivity index (χ2n) is 3.11. The molecule has 2 aliphatic rings. The predicted molar refractivity (Wildman–Crippen MR) is 41.4 cm³/mol. The molecule has 0 unspecified atom stereocenters. The summed E-state index contributed by atoms with van der Waals surface area (Å²) in [6, 6.07) is 0. The van der Waals surface area contributed by atoms with Crippen molar-refractivity contribution in [2.75, 3.05) is 26.4 Å². The van der Waals surface area contributed by atoms with E-state index in [2.05, 4.69) is 9.47 Å². The zero-order valence-electron chi connectivity index (χ0n) is 7.43. The molecule has 0 amide bonds. The van der Waals surface area contributed by atoms with E-state index in [1.165, 1.54) is 0 Å². The average Bonchev–Trinajstić information content (AvgIpc) is 3.02. The summed E-state index contributed by atoms with van der Waals surface area (Å²) in [6.07, 6.45) is -0.0861. The quantitative estimate of drug-likeness (QED) is 0.326. The fourth-order valence-electron chi connectivity index (χ4n) is 0.784. The van der Waals surface area contributed by atoms with E-state index in [1.807, 2.05) is 0 Å². The minimum atomic E-state index is -0.971. The highest BCUT2D eigenvalue weighted by atomic mass is 16.6. The maximum Gasteiger partial charge on any atom is 0.417 e. The second kappa shape index (κ2) is 3.93. The number of hydrogen-bond donors (Lipinski definition) is 0. The number of ether oxygens (including phenoxy) is 4. The number of carbonyl (C=O) groups excluding carboxylic acids is 2. The molecule has 6 heteroatoms. The molecule has 2 heterocycles. The molecule has 2 fully saturated rings. The molecule has 0 aromatic carbocycles. The lowest BCUT2D eigenvalue weighted by Gasteiger charge is -2.02. The Hall–Kier alpha value is -1.14. The summed E-state index contributed by atoms with van der Waals surface area (Å²) >= 11 is 0. The molecule has 0 bridgehead atoms. The van der Waals surface area contributed by atoms with Crippen molar-refractivity contribution in [1.82, 2.24) is 0 Å². The van der Waals surface area contributed by atoms with Crippen LogP contribution < -0.4 is 0 Å². The van der Waals surface area contributed by atoms with Gasteiger partial charge in [-0.25, -0.2) is 9.59 Å². The van der Waals surface area contributed by atoms with Gasteiger partial charge in [-0.05, 0) is 0 Å². The highest BCUT2D eigenvalue weighted by Crippen LogP contribution is 2.10. The molecule has 0 aromatic rings. The van der Waals surface area contributed by atoms with Crippen molar-refractivity contribution in [2.45, 2.75) is 12.2 Å². The summed E-state index contributed by atoms with van der Waals surface area (Å²) in [7, 11) is 0. The van der Waals surface area contributed by atoms with E-state index in [-0.39, 0.29) is 25.4 Å². The summed E-state index contributed by atoms with van der Waals surface area (Å²) in [5, 5.41) is 0. The van der Waals surface area contributed by atoms with Crippen LogP contribution in [0.25, 0.3) is 0 Å². The molecule has 2 aliphatic heterocycles. The van der Waals surface area contributed by atoms with Gasteiger partial charge in [0.15, 0.2) is 0 Å². The van der Waals surface area contributed by atoms with Crippen LogP contribution in [0.4, 0.5) is 0 Å². The van der Waals surface area contributed by atoms with Crippen LogP contribution in [0.3, 0.4) is 0 Å². The third kappa shape index (κ3) is 2.97. The molecule has 6 nitrogen and oxygen atoms in total. The standard InChI is InChI=1S/C8H10O6/c9-7(13-3-5-1-11-5)8(10)14-4-6-2-12-6/h5-6H,1-4H2/t5-,6-/m0/s1. The molecule has 2 atom stereocenters. The Morgan fingerprint density at radius 3 is 1.64 bits per heavy atom. The Kier molecular flexibility index (Phi) is 2.64. The molecule has 14 heavy (non-hydrogen) atoms. The summed E-state index contributed by atoms with van der Waals surface area (Å²) in [5.41, 5.74) is 0. The monoisotopic (exact) mass is 202 g/mol. The van der Waals surface area contributed by atoms with Gasteiger partial charge in [-0.1, -0.05) is 0 Å². The summed E-state index contributed by atoms with van der Waals surface area (Å²) in [4.78, 5) is 21.8. The van der Waals surface area contributed by atoms with Crippen molar-refractivity contribution in [2.24, 2.45) is 0 Å². The van der Waals surface area contributed by atoms with Crippen molar-refractivity contribution >= 4 is 11.9 Å². The molecular formula is C8H10O6. The van der Waals surface area contributed by atoms with Crippen molar-refractivity contribution in [3.05, 3.63) is 0 Å². The molecule has 0 spiro atoms. The maximum atomic E-state index is 10.9. The smallest absolute Gasteiger partial charge is 0.417 e. The molecule has 0 aliphatic carbocycles. The minimum absolute atomic E-state index is 0.0430. The van der Waals surface area contributed by atoms with E-state index in [4.69, 9.17) is 9.47 Å². The van der Waals surface area contributed by atoms with Crippen molar-refractivity contribution in [3.63, 3.8) is 0 Å². The van der Waals surface area contributed by atoms with Crippen LogP contribution in [-0.4, -0.2) is 50.6 Å². The Morgan fingerprint density at radius 1 is 1.00 bits per heavy atom. The van der Waals surface area contributed by atoms with Gasteiger partial charge in [0.05, 0.1) is 13.2 Å². The lowest BCUT2D eigenvalue weighted by molar-refractivity contribution is -0.168. The van der Waals surface area contributed by atoms with Crippen LogP contribution in [0.15, 0.2) is 0 Å². The van der Waals surface area contributed by atoms with Crippen molar-refractivity contribution < 1.29 is 28.5 Å². The normalized spacial score (nSPS) is 28.0. The first kappa shape index (κ1) is 9.42. The first-order valence-electron chi connectivity index (χ1n) is 4.33. The van der Waals surface area contributed by atoms with Gasteiger partial charge in [-0.2, -0.15) is 0 Å². The lowest BCUT2D eigenvalue weighted by atomic mass is 10.5. The molecule has 2 saturated heterocycles. The number of hydrogen-bond acceptors (Lipinski definition) is 6. The van der Waals surface area contributed by atoms with Gasteiger partial charge in [0, 0.05) is 0 Å². The van der Waals surface area contributed by atoms with E-state index in [0.717, 1.165) is 0 Å². The zero-order chi connectivity index (χ0) is 9.97. The van der Waals surface area contributed by atoms with E-state index >= 15 is 0 Å². The van der Waals surface area contributed by atoms with Crippen LogP contribution in [-0.2, 0) is 28.5 Å². The van der Waals surface area contributed by atoms with Crippen LogP contribution in [0.2, 0.25) is 0 Å². The highest BCUT2D eigenvalue weighted by molar-refractivity contribution is 6.29. The third-order valence-corrected chi connectivity index (χ3v) is 1.77. The molecule has 2 rings (SSSR count). The molecule has 78 valence electrons. The molecular weight excluding hydrogens is 192 g/mol. The van der Waals surface area contributed by atoms with Crippen molar-refractivity contribution in [3.8, 4) is 0 Å². The van der Waals surface area contributed by atoms with Gasteiger partial charge in [-0.3, -0.25) is 0 Å². The average molecular weight is 202 g/mol. The maximum absolute atomic E-state index is 10.9.